The first kappa shape index (κ1) is 12.7. The summed E-state index contributed by atoms with van der Waals surface area (Å²) in [7, 11) is 0. The van der Waals surface area contributed by atoms with Crippen LogP contribution in [0.15, 0.2) is 40.8 Å². The van der Waals surface area contributed by atoms with Gasteiger partial charge in [-0.1, -0.05) is 53.5 Å². The molecule has 1 unspecified atom stereocenters. The van der Waals surface area contributed by atoms with Gasteiger partial charge in [0.05, 0.1) is 4.83 Å². The van der Waals surface area contributed by atoms with Crippen LogP contribution in [0.4, 0.5) is 0 Å². The molecule has 0 spiro atoms. The molecule has 0 amide bonds. The van der Waals surface area contributed by atoms with Crippen molar-refractivity contribution in [3.8, 4) is 0 Å². The summed E-state index contributed by atoms with van der Waals surface area (Å²) in [5.41, 5.74) is 2.55. The predicted molar refractivity (Wildman–Crippen MR) is 74.9 cm³/mol. The Morgan fingerprint density at radius 1 is 1.18 bits per heavy atom. The fourth-order valence-corrected chi connectivity index (χ4v) is 2.47. The monoisotopic (exact) mass is 312 g/mol. The lowest BCUT2D eigenvalue weighted by Crippen LogP contribution is -1.91. The number of benzene rings is 1. The quantitative estimate of drug-likeness (QED) is 0.692. The molecule has 1 aromatic carbocycles. The van der Waals surface area contributed by atoms with Crippen molar-refractivity contribution >= 4 is 27.5 Å². The minimum atomic E-state index is 0.0608. The highest BCUT2D eigenvalue weighted by Gasteiger charge is 2.13. The highest BCUT2D eigenvalue weighted by atomic mass is 79.9. The molecule has 0 aliphatic carbocycles. The van der Waals surface area contributed by atoms with Gasteiger partial charge in [-0.25, -0.2) is 0 Å². The van der Waals surface area contributed by atoms with Crippen molar-refractivity contribution in [2.24, 2.45) is 0 Å². The molecule has 0 aliphatic heterocycles. The number of hydrogen-bond donors (Lipinski definition) is 0. The van der Waals surface area contributed by atoms with E-state index in [0.29, 0.717) is 5.22 Å². The Balaban J connectivity index is 2.16. The van der Waals surface area contributed by atoms with Crippen molar-refractivity contribution in [1.29, 1.82) is 0 Å². The zero-order chi connectivity index (χ0) is 12.3. The lowest BCUT2D eigenvalue weighted by molar-refractivity contribution is 0.521. The van der Waals surface area contributed by atoms with Crippen LogP contribution in [0.25, 0.3) is 0 Å². The van der Waals surface area contributed by atoms with E-state index in [2.05, 4.69) is 47.1 Å². The summed E-state index contributed by atoms with van der Waals surface area (Å²) in [6, 6.07) is 12.2. The molecule has 17 heavy (non-hydrogen) atoms. The lowest BCUT2D eigenvalue weighted by Gasteiger charge is -2.08. The van der Waals surface area contributed by atoms with Crippen LogP contribution in [-0.4, -0.2) is 0 Å². The first-order valence-corrected chi connectivity index (χ1v) is 6.98. The van der Waals surface area contributed by atoms with Gasteiger partial charge in [0.2, 0.25) is 0 Å². The van der Waals surface area contributed by atoms with Crippen molar-refractivity contribution in [2.75, 3.05) is 0 Å². The van der Waals surface area contributed by atoms with Crippen LogP contribution in [0.2, 0.25) is 5.22 Å². The highest BCUT2D eigenvalue weighted by molar-refractivity contribution is 9.09. The summed E-state index contributed by atoms with van der Waals surface area (Å²) in [6.45, 7) is 2.19. The number of rotatable bonds is 4. The van der Waals surface area contributed by atoms with Crippen molar-refractivity contribution < 1.29 is 4.42 Å². The largest absolute Gasteiger partial charge is 0.448 e. The molecule has 0 radical (unpaired) electrons. The van der Waals surface area contributed by atoms with E-state index in [1.165, 1.54) is 17.5 Å². The van der Waals surface area contributed by atoms with Crippen LogP contribution in [0.5, 0.6) is 0 Å². The molecule has 1 nitrogen and oxygen atoms in total. The molecule has 1 aromatic heterocycles. The average Bonchev–Trinajstić information content (AvgIpc) is 2.76. The minimum absolute atomic E-state index is 0.0608. The van der Waals surface area contributed by atoms with Crippen molar-refractivity contribution in [3.63, 3.8) is 0 Å². The summed E-state index contributed by atoms with van der Waals surface area (Å²) >= 11 is 9.39. The van der Waals surface area contributed by atoms with Gasteiger partial charge in [-0.05, 0) is 41.3 Å². The third-order valence-electron chi connectivity index (χ3n) is 2.65. The van der Waals surface area contributed by atoms with Gasteiger partial charge in [0.1, 0.15) is 5.76 Å². The van der Waals surface area contributed by atoms with Crippen molar-refractivity contribution in [2.45, 2.75) is 24.6 Å². The second kappa shape index (κ2) is 5.74. The van der Waals surface area contributed by atoms with Crippen LogP contribution in [0.1, 0.15) is 35.1 Å². The molecule has 0 saturated carbocycles. The van der Waals surface area contributed by atoms with Gasteiger partial charge in [-0.15, -0.1) is 0 Å². The molecule has 0 saturated heterocycles. The van der Waals surface area contributed by atoms with E-state index in [9.17, 15) is 0 Å². The first-order valence-electron chi connectivity index (χ1n) is 5.69. The molecule has 90 valence electrons. The Hall–Kier alpha value is -0.730. The van der Waals surface area contributed by atoms with Crippen LogP contribution >= 0.6 is 27.5 Å². The van der Waals surface area contributed by atoms with Crippen molar-refractivity contribution in [3.05, 3.63) is 58.5 Å². The Morgan fingerprint density at radius 2 is 1.88 bits per heavy atom. The lowest BCUT2D eigenvalue weighted by atomic mass is 10.1. The summed E-state index contributed by atoms with van der Waals surface area (Å²) in [4.78, 5) is 0.0608. The van der Waals surface area contributed by atoms with Crippen LogP contribution in [0.3, 0.4) is 0 Å². The fraction of sp³-hybridized carbons (Fsp3) is 0.286. The third kappa shape index (κ3) is 3.14. The SMILES string of the molecule is CCCc1ccc(C(Br)c2ccc(Cl)o2)cc1. The highest BCUT2D eigenvalue weighted by Crippen LogP contribution is 2.33. The van der Waals surface area contributed by atoms with E-state index < -0.39 is 0 Å². The van der Waals surface area contributed by atoms with E-state index >= 15 is 0 Å². The topological polar surface area (TPSA) is 13.1 Å². The number of furan rings is 1. The molecule has 2 aromatic rings. The summed E-state index contributed by atoms with van der Waals surface area (Å²) in [5.74, 6) is 0.832. The molecule has 1 heterocycles. The Labute approximate surface area is 115 Å². The second-order valence-electron chi connectivity index (χ2n) is 4.00. The van der Waals surface area contributed by atoms with Gasteiger partial charge in [0, 0.05) is 0 Å². The maximum Gasteiger partial charge on any atom is 0.193 e. The molecule has 3 heteroatoms. The van der Waals surface area contributed by atoms with E-state index in [-0.39, 0.29) is 4.83 Å². The van der Waals surface area contributed by atoms with E-state index in [1.807, 2.05) is 6.07 Å². The van der Waals surface area contributed by atoms with Crippen LogP contribution in [-0.2, 0) is 6.42 Å². The number of halogens is 2. The summed E-state index contributed by atoms with van der Waals surface area (Å²) < 4.78 is 5.40. The zero-order valence-corrected chi connectivity index (χ0v) is 12.0. The maximum absolute atomic E-state index is 5.77. The van der Waals surface area contributed by atoms with Crippen molar-refractivity contribution in [1.82, 2.24) is 0 Å². The molecule has 1 atom stereocenters. The number of alkyl halides is 1. The first-order chi connectivity index (χ1) is 8.20. The Kier molecular flexibility index (Phi) is 4.30. The van der Waals surface area contributed by atoms with Gasteiger partial charge in [-0.2, -0.15) is 0 Å². The normalized spacial score (nSPS) is 12.6. The zero-order valence-electron chi connectivity index (χ0n) is 9.62. The average molecular weight is 314 g/mol. The molecular weight excluding hydrogens is 300 g/mol. The van der Waals surface area contributed by atoms with Gasteiger partial charge in [-0.3, -0.25) is 0 Å². The Morgan fingerprint density at radius 3 is 2.41 bits per heavy atom. The third-order valence-corrected chi connectivity index (χ3v) is 3.84. The van der Waals surface area contributed by atoms with Gasteiger partial charge >= 0.3 is 0 Å². The number of hydrogen-bond acceptors (Lipinski definition) is 1. The van der Waals surface area contributed by atoms with Gasteiger partial charge in [0.25, 0.3) is 0 Å². The fourth-order valence-electron chi connectivity index (χ4n) is 1.77. The van der Waals surface area contributed by atoms with Gasteiger partial charge in [0.15, 0.2) is 5.22 Å². The second-order valence-corrected chi connectivity index (χ2v) is 5.28. The van der Waals surface area contributed by atoms with E-state index in [1.54, 1.807) is 6.07 Å². The molecule has 2 rings (SSSR count). The molecule has 0 N–H and O–H groups in total. The molecule has 0 bridgehead atoms. The standard InChI is InChI=1S/C14H14BrClO/c1-2-3-10-4-6-11(7-5-10)14(15)12-8-9-13(16)17-12/h4-9,14H,2-3H2,1H3. The van der Waals surface area contributed by atoms with Crippen LogP contribution in [0, 0.1) is 0 Å². The minimum Gasteiger partial charge on any atom is -0.448 e. The summed E-state index contributed by atoms with van der Waals surface area (Å²) in [6.07, 6.45) is 2.30. The smallest absolute Gasteiger partial charge is 0.193 e. The summed E-state index contributed by atoms with van der Waals surface area (Å²) in [5, 5.41) is 0.423. The molecule has 0 aliphatic rings. The predicted octanol–water partition coefficient (Wildman–Crippen LogP) is 5.37. The number of aryl methyl sites for hydroxylation is 1. The molecular formula is C14H14BrClO. The van der Waals surface area contributed by atoms with Gasteiger partial charge < -0.3 is 4.42 Å². The van der Waals surface area contributed by atoms with E-state index in [4.69, 9.17) is 16.0 Å². The Bertz CT molecular complexity index is 475. The van der Waals surface area contributed by atoms with E-state index in [0.717, 1.165) is 12.2 Å². The van der Waals surface area contributed by atoms with Crippen LogP contribution < -0.4 is 0 Å². The molecule has 0 fully saturated rings. The maximum atomic E-state index is 5.77.